The molecule has 0 heterocycles. The predicted octanol–water partition coefficient (Wildman–Crippen LogP) is 1.45. The van der Waals surface area contributed by atoms with Gasteiger partial charge in [-0.1, -0.05) is 6.07 Å². The molecule has 18 heavy (non-hydrogen) atoms. The number of esters is 2. The molecule has 0 aliphatic carbocycles. The third kappa shape index (κ3) is 3.08. The van der Waals surface area contributed by atoms with Crippen LogP contribution in [0.5, 0.6) is 0 Å². The summed E-state index contributed by atoms with van der Waals surface area (Å²) in [5.41, 5.74) is 1.18. The SMILES string of the molecule is COC(=O)CCc1c(C#N)cccc1C(=O)OC. The number of ether oxygens (including phenoxy) is 2. The lowest BCUT2D eigenvalue weighted by atomic mass is 9.97. The van der Waals surface area contributed by atoms with E-state index in [0.29, 0.717) is 16.7 Å². The van der Waals surface area contributed by atoms with E-state index in [0.717, 1.165) is 0 Å². The number of carbonyl (C=O) groups is 2. The van der Waals surface area contributed by atoms with Crippen molar-refractivity contribution in [3.05, 3.63) is 34.9 Å². The molecule has 1 aromatic carbocycles. The van der Waals surface area contributed by atoms with Gasteiger partial charge in [-0.05, 0) is 24.1 Å². The molecule has 0 spiro atoms. The zero-order valence-electron chi connectivity index (χ0n) is 10.2. The average Bonchev–Trinajstić information content (AvgIpc) is 2.43. The Morgan fingerprint density at radius 2 is 2.00 bits per heavy atom. The van der Waals surface area contributed by atoms with Crippen LogP contribution in [0.25, 0.3) is 0 Å². The minimum Gasteiger partial charge on any atom is -0.469 e. The molecule has 0 N–H and O–H groups in total. The molecule has 5 nitrogen and oxygen atoms in total. The molecule has 0 aliphatic rings. The number of nitriles is 1. The van der Waals surface area contributed by atoms with E-state index < -0.39 is 11.9 Å². The Morgan fingerprint density at radius 3 is 2.56 bits per heavy atom. The fourth-order valence-electron chi connectivity index (χ4n) is 1.59. The average molecular weight is 247 g/mol. The zero-order chi connectivity index (χ0) is 13.5. The van der Waals surface area contributed by atoms with Crippen molar-refractivity contribution in [2.45, 2.75) is 12.8 Å². The first-order valence-corrected chi connectivity index (χ1v) is 5.31. The first-order valence-electron chi connectivity index (χ1n) is 5.31. The predicted molar refractivity (Wildman–Crippen MR) is 62.8 cm³/mol. The van der Waals surface area contributed by atoms with E-state index in [2.05, 4.69) is 9.47 Å². The quantitative estimate of drug-likeness (QED) is 0.752. The van der Waals surface area contributed by atoms with Crippen molar-refractivity contribution in [3.8, 4) is 6.07 Å². The number of carbonyl (C=O) groups excluding carboxylic acids is 2. The lowest BCUT2D eigenvalue weighted by Crippen LogP contribution is -2.10. The van der Waals surface area contributed by atoms with Crippen molar-refractivity contribution >= 4 is 11.9 Å². The van der Waals surface area contributed by atoms with Crippen LogP contribution in [-0.4, -0.2) is 26.2 Å². The summed E-state index contributed by atoms with van der Waals surface area (Å²) in [6, 6.07) is 6.77. The second-order valence-electron chi connectivity index (χ2n) is 3.51. The molecule has 1 aromatic rings. The van der Waals surface area contributed by atoms with Crippen molar-refractivity contribution in [1.82, 2.24) is 0 Å². The smallest absolute Gasteiger partial charge is 0.338 e. The van der Waals surface area contributed by atoms with E-state index in [1.807, 2.05) is 6.07 Å². The van der Waals surface area contributed by atoms with Crippen LogP contribution in [0.1, 0.15) is 27.9 Å². The molecule has 0 unspecified atom stereocenters. The highest BCUT2D eigenvalue weighted by Gasteiger charge is 2.16. The molecule has 0 saturated heterocycles. The van der Waals surface area contributed by atoms with E-state index in [-0.39, 0.29) is 12.8 Å². The topological polar surface area (TPSA) is 76.4 Å². The van der Waals surface area contributed by atoms with Gasteiger partial charge in [-0.2, -0.15) is 5.26 Å². The van der Waals surface area contributed by atoms with Crippen molar-refractivity contribution < 1.29 is 19.1 Å². The van der Waals surface area contributed by atoms with Gasteiger partial charge < -0.3 is 9.47 Å². The molecule has 0 amide bonds. The molecular weight excluding hydrogens is 234 g/mol. The summed E-state index contributed by atoms with van der Waals surface area (Å²) in [6.07, 6.45) is 0.375. The molecule has 5 heteroatoms. The third-order valence-corrected chi connectivity index (χ3v) is 2.51. The maximum atomic E-state index is 11.6. The lowest BCUT2D eigenvalue weighted by Gasteiger charge is -2.09. The lowest BCUT2D eigenvalue weighted by molar-refractivity contribution is -0.140. The molecule has 94 valence electrons. The van der Waals surface area contributed by atoms with Crippen molar-refractivity contribution in [1.29, 1.82) is 5.26 Å². The highest BCUT2D eigenvalue weighted by molar-refractivity contribution is 5.92. The minimum atomic E-state index is -0.521. The molecular formula is C13H13NO4. The van der Waals surface area contributed by atoms with E-state index >= 15 is 0 Å². The van der Waals surface area contributed by atoms with Crippen LogP contribution in [0, 0.1) is 11.3 Å². The summed E-state index contributed by atoms with van der Waals surface area (Å²) in [6.45, 7) is 0. The Bertz CT molecular complexity index is 502. The number of hydrogen-bond acceptors (Lipinski definition) is 5. The van der Waals surface area contributed by atoms with Gasteiger partial charge in [-0.15, -0.1) is 0 Å². The fraction of sp³-hybridized carbons (Fsp3) is 0.308. The number of nitrogens with zero attached hydrogens (tertiary/aromatic N) is 1. The Hall–Kier alpha value is -2.35. The van der Waals surface area contributed by atoms with Gasteiger partial charge in [0.15, 0.2) is 0 Å². The van der Waals surface area contributed by atoms with E-state index in [1.54, 1.807) is 18.2 Å². The number of methoxy groups -OCH3 is 2. The molecule has 0 saturated carbocycles. The third-order valence-electron chi connectivity index (χ3n) is 2.51. The second kappa shape index (κ2) is 6.40. The molecule has 0 atom stereocenters. The van der Waals surface area contributed by atoms with Crippen molar-refractivity contribution in [2.24, 2.45) is 0 Å². The second-order valence-corrected chi connectivity index (χ2v) is 3.51. The van der Waals surface area contributed by atoms with E-state index in [9.17, 15) is 9.59 Å². The zero-order valence-corrected chi connectivity index (χ0v) is 10.2. The molecule has 1 rings (SSSR count). The molecule has 0 bridgehead atoms. The summed E-state index contributed by atoms with van der Waals surface area (Å²) >= 11 is 0. The Labute approximate surface area is 105 Å². The largest absolute Gasteiger partial charge is 0.469 e. The van der Waals surface area contributed by atoms with Crippen LogP contribution in [0.4, 0.5) is 0 Å². The van der Waals surface area contributed by atoms with Crippen LogP contribution in [0.2, 0.25) is 0 Å². The van der Waals surface area contributed by atoms with E-state index in [1.165, 1.54) is 14.2 Å². The highest BCUT2D eigenvalue weighted by atomic mass is 16.5. The van der Waals surface area contributed by atoms with Crippen molar-refractivity contribution in [2.75, 3.05) is 14.2 Å². The van der Waals surface area contributed by atoms with Gasteiger partial charge in [-0.3, -0.25) is 4.79 Å². The summed E-state index contributed by atoms with van der Waals surface area (Å²) in [5, 5.41) is 9.00. The van der Waals surface area contributed by atoms with Crippen LogP contribution in [0.3, 0.4) is 0 Å². The van der Waals surface area contributed by atoms with Gasteiger partial charge in [0.2, 0.25) is 0 Å². The van der Waals surface area contributed by atoms with Gasteiger partial charge in [-0.25, -0.2) is 4.79 Å². The summed E-state index contributed by atoms with van der Waals surface area (Å²) in [4.78, 5) is 22.7. The van der Waals surface area contributed by atoms with Gasteiger partial charge in [0.05, 0.1) is 31.4 Å². The van der Waals surface area contributed by atoms with Crippen LogP contribution in [-0.2, 0) is 20.7 Å². The first-order chi connectivity index (χ1) is 8.63. The van der Waals surface area contributed by atoms with Gasteiger partial charge >= 0.3 is 11.9 Å². The first kappa shape index (κ1) is 13.7. The Balaban J connectivity index is 3.09. The van der Waals surface area contributed by atoms with Gasteiger partial charge in [0.1, 0.15) is 0 Å². The van der Waals surface area contributed by atoms with Crippen LogP contribution in [0.15, 0.2) is 18.2 Å². The summed E-state index contributed by atoms with van der Waals surface area (Å²) in [5.74, 6) is -0.912. The van der Waals surface area contributed by atoms with Crippen LogP contribution < -0.4 is 0 Å². The molecule has 0 fully saturated rings. The maximum absolute atomic E-state index is 11.6. The molecule has 0 radical (unpaired) electrons. The van der Waals surface area contributed by atoms with Gasteiger partial charge in [0, 0.05) is 6.42 Å². The van der Waals surface area contributed by atoms with E-state index in [4.69, 9.17) is 5.26 Å². The number of hydrogen-bond donors (Lipinski definition) is 0. The number of benzene rings is 1. The highest BCUT2D eigenvalue weighted by Crippen LogP contribution is 2.17. The fourth-order valence-corrected chi connectivity index (χ4v) is 1.59. The van der Waals surface area contributed by atoms with Crippen LogP contribution >= 0.6 is 0 Å². The normalized spacial score (nSPS) is 9.39. The minimum absolute atomic E-state index is 0.110. The summed E-state index contributed by atoms with van der Waals surface area (Å²) < 4.78 is 9.18. The Kier molecular flexibility index (Phi) is 4.88. The molecule has 0 aromatic heterocycles. The maximum Gasteiger partial charge on any atom is 0.338 e. The van der Waals surface area contributed by atoms with Crippen molar-refractivity contribution in [3.63, 3.8) is 0 Å². The van der Waals surface area contributed by atoms with Gasteiger partial charge in [0.25, 0.3) is 0 Å². The Morgan fingerprint density at radius 1 is 1.28 bits per heavy atom. The summed E-state index contributed by atoms with van der Waals surface area (Å²) in [7, 11) is 2.56. The molecule has 0 aliphatic heterocycles. The standard InChI is InChI=1S/C13H13NO4/c1-17-12(15)7-6-10-9(8-14)4-3-5-11(10)13(16)18-2/h3-5H,6-7H2,1-2H3. The monoisotopic (exact) mass is 247 g/mol. The number of rotatable bonds is 4.